The lowest BCUT2D eigenvalue weighted by Crippen LogP contribution is -2.24. The monoisotopic (exact) mass is 492 g/mol. The maximum absolute atomic E-state index is 12.9. The van der Waals surface area contributed by atoms with E-state index in [4.69, 9.17) is 23.2 Å². The van der Waals surface area contributed by atoms with Gasteiger partial charge in [-0.1, -0.05) is 71.7 Å². The van der Waals surface area contributed by atoms with Crippen LogP contribution in [0.5, 0.6) is 5.75 Å². The SMILES string of the molecule is Cn1c(=O)c(C(=O)C=CC[C@H](Nc2cc(Cl)ccc2Cl)c2ccccc2)c(O)c2ccccc21. The average Bonchev–Trinajstić information content (AvgIpc) is 2.85. The molecule has 0 fully saturated rings. The molecule has 0 saturated carbocycles. The molecule has 2 N–H and O–H groups in total. The molecule has 0 aliphatic heterocycles. The van der Waals surface area contributed by atoms with Crippen molar-refractivity contribution >= 4 is 45.6 Å². The van der Waals surface area contributed by atoms with Gasteiger partial charge in [0.15, 0.2) is 5.78 Å². The van der Waals surface area contributed by atoms with Gasteiger partial charge in [-0.3, -0.25) is 9.59 Å². The molecule has 0 saturated heterocycles. The Morgan fingerprint density at radius 3 is 2.53 bits per heavy atom. The molecule has 0 radical (unpaired) electrons. The first-order chi connectivity index (χ1) is 16.4. The van der Waals surface area contributed by atoms with E-state index in [0.717, 1.165) is 5.56 Å². The van der Waals surface area contributed by atoms with Crippen LogP contribution in [0, 0.1) is 0 Å². The molecule has 1 atom stereocenters. The van der Waals surface area contributed by atoms with Crippen LogP contribution in [-0.2, 0) is 7.05 Å². The fourth-order valence-electron chi connectivity index (χ4n) is 3.86. The lowest BCUT2D eigenvalue weighted by Gasteiger charge is -2.20. The van der Waals surface area contributed by atoms with Gasteiger partial charge in [0.1, 0.15) is 11.3 Å². The third kappa shape index (κ3) is 4.86. The smallest absolute Gasteiger partial charge is 0.265 e. The lowest BCUT2D eigenvalue weighted by molar-refractivity contribution is 0.104. The van der Waals surface area contributed by atoms with E-state index in [1.165, 1.54) is 10.6 Å². The van der Waals surface area contributed by atoms with E-state index < -0.39 is 11.3 Å². The molecule has 0 aliphatic rings. The van der Waals surface area contributed by atoms with Gasteiger partial charge in [0.05, 0.1) is 22.3 Å². The second-order valence-corrected chi connectivity index (χ2v) is 8.68. The minimum Gasteiger partial charge on any atom is -0.506 e. The number of carbonyl (C=O) groups excluding carboxylic acids is 1. The number of benzene rings is 3. The number of hydrogen-bond donors (Lipinski definition) is 2. The molecule has 3 aromatic carbocycles. The highest BCUT2D eigenvalue weighted by Gasteiger charge is 2.19. The van der Waals surface area contributed by atoms with Gasteiger partial charge in [-0.05, 0) is 48.4 Å². The second-order valence-electron chi connectivity index (χ2n) is 7.84. The molecule has 1 aromatic heterocycles. The number of para-hydroxylation sites is 1. The van der Waals surface area contributed by atoms with Crippen molar-refractivity contribution in [2.45, 2.75) is 12.5 Å². The molecule has 0 bridgehead atoms. The third-order valence-electron chi connectivity index (χ3n) is 5.62. The van der Waals surface area contributed by atoms with Crippen LogP contribution in [-0.4, -0.2) is 15.5 Å². The normalized spacial score (nSPS) is 12.2. The van der Waals surface area contributed by atoms with Crippen LogP contribution in [0.25, 0.3) is 10.9 Å². The number of anilines is 1. The number of ketones is 1. The van der Waals surface area contributed by atoms with Crippen molar-refractivity contribution in [3.05, 3.63) is 116 Å². The number of pyridine rings is 1. The number of nitrogens with one attached hydrogen (secondary N) is 1. The zero-order chi connectivity index (χ0) is 24.2. The number of hydrogen-bond acceptors (Lipinski definition) is 4. The number of aryl methyl sites for hydroxylation is 1. The fourth-order valence-corrected chi connectivity index (χ4v) is 4.20. The molecule has 0 spiro atoms. The van der Waals surface area contributed by atoms with Crippen molar-refractivity contribution in [1.29, 1.82) is 0 Å². The van der Waals surface area contributed by atoms with Crippen LogP contribution in [0.2, 0.25) is 10.0 Å². The summed E-state index contributed by atoms with van der Waals surface area (Å²) >= 11 is 12.5. The minimum atomic E-state index is -0.559. The van der Waals surface area contributed by atoms with Gasteiger partial charge in [0, 0.05) is 17.5 Å². The van der Waals surface area contributed by atoms with E-state index in [1.54, 1.807) is 55.6 Å². The topological polar surface area (TPSA) is 71.3 Å². The van der Waals surface area contributed by atoms with Crippen LogP contribution in [0.15, 0.2) is 89.7 Å². The first-order valence-corrected chi connectivity index (χ1v) is 11.4. The zero-order valence-corrected chi connectivity index (χ0v) is 19.8. The summed E-state index contributed by atoms with van der Waals surface area (Å²) in [6.07, 6.45) is 3.43. The van der Waals surface area contributed by atoms with Gasteiger partial charge >= 0.3 is 0 Å². The van der Waals surface area contributed by atoms with E-state index in [9.17, 15) is 14.7 Å². The summed E-state index contributed by atoms with van der Waals surface area (Å²) in [5.74, 6) is -0.867. The molecule has 5 nitrogen and oxygen atoms in total. The quantitative estimate of drug-likeness (QED) is 0.227. The van der Waals surface area contributed by atoms with E-state index in [2.05, 4.69) is 5.32 Å². The van der Waals surface area contributed by atoms with Gasteiger partial charge in [-0.2, -0.15) is 0 Å². The van der Waals surface area contributed by atoms with Crippen LogP contribution < -0.4 is 10.9 Å². The zero-order valence-electron chi connectivity index (χ0n) is 18.3. The summed E-state index contributed by atoms with van der Waals surface area (Å²) in [4.78, 5) is 25.7. The van der Waals surface area contributed by atoms with Gasteiger partial charge in [0.2, 0.25) is 0 Å². The highest BCUT2D eigenvalue weighted by Crippen LogP contribution is 2.31. The highest BCUT2D eigenvalue weighted by molar-refractivity contribution is 6.35. The summed E-state index contributed by atoms with van der Waals surface area (Å²) in [5, 5.41) is 15.6. The number of nitrogens with zero attached hydrogens (tertiary/aromatic N) is 1. The molecule has 4 rings (SSSR count). The van der Waals surface area contributed by atoms with E-state index in [-0.39, 0.29) is 17.4 Å². The maximum Gasteiger partial charge on any atom is 0.265 e. The van der Waals surface area contributed by atoms with Crippen LogP contribution in [0.3, 0.4) is 0 Å². The van der Waals surface area contributed by atoms with Crippen molar-refractivity contribution in [3.63, 3.8) is 0 Å². The van der Waals surface area contributed by atoms with Crippen molar-refractivity contribution < 1.29 is 9.90 Å². The average molecular weight is 493 g/mol. The highest BCUT2D eigenvalue weighted by atomic mass is 35.5. The molecule has 0 unspecified atom stereocenters. The number of allylic oxidation sites excluding steroid dienone is 1. The number of carbonyl (C=O) groups is 1. The fraction of sp³-hybridized carbons (Fsp3) is 0.111. The largest absolute Gasteiger partial charge is 0.506 e. The molecule has 4 aromatic rings. The number of aromatic hydroxyl groups is 1. The molecule has 0 amide bonds. The first kappa shape index (κ1) is 23.6. The molecule has 34 heavy (non-hydrogen) atoms. The maximum atomic E-state index is 12.9. The van der Waals surface area contributed by atoms with Gasteiger partial charge < -0.3 is 15.0 Å². The summed E-state index contributed by atoms with van der Waals surface area (Å²) < 4.78 is 1.37. The van der Waals surface area contributed by atoms with E-state index in [0.29, 0.717) is 33.1 Å². The standard InChI is InChI=1S/C27H22Cl2N2O3/c1-31-23-12-6-5-10-19(23)26(33)25(27(31)34)24(32)13-7-11-21(17-8-3-2-4-9-17)30-22-16-18(28)14-15-20(22)29/h2-10,12-16,21,30,33H,11H2,1H3/t21-/m0/s1. The molecular formula is C27H22Cl2N2O3. The van der Waals surface area contributed by atoms with Gasteiger partial charge in [-0.15, -0.1) is 0 Å². The molecule has 1 heterocycles. The number of halogens is 2. The predicted octanol–water partition coefficient (Wildman–Crippen LogP) is 6.53. The molecule has 172 valence electrons. The Balaban J connectivity index is 1.62. The predicted molar refractivity (Wildman–Crippen MR) is 138 cm³/mol. The Hall–Kier alpha value is -3.54. The van der Waals surface area contributed by atoms with Crippen molar-refractivity contribution in [2.24, 2.45) is 7.05 Å². The van der Waals surface area contributed by atoms with Crippen molar-refractivity contribution in [3.8, 4) is 5.75 Å². The van der Waals surface area contributed by atoms with Crippen LogP contribution >= 0.6 is 23.2 Å². The van der Waals surface area contributed by atoms with E-state index in [1.807, 2.05) is 30.3 Å². The van der Waals surface area contributed by atoms with Crippen molar-refractivity contribution in [1.82, 2.24) is 4.57 Å². The number of fused-ring (bicyclic) bond motifs is 1. The lowest BCUT2D eigenvalue weighted by atomic mass is 10.0. The van der Waals surface area contributed by atoms with Gasteiger partial charge in [0.25, 0.3) is 5.56 Å². The molecular weight excluding hydrogens is 471 g/mol. The van der Waals surface area contributed by atoms with Gasteiger partial charge in [-0.25, -0.2) is 0 Å². The summed E-state index contributed by atoms with van der Waals surface area (Å²) in [5.41, 5.74) is 1.41. The minimum absolute atomic E-state index is 0.214. The summed E-state index contributed by atoms with van der Waals surface area (Å²) in [6.45, 7) is 0. The second kappa shape index (κ2) is 10.2. The first-order valence-electron chi connectivity index (χ1n) is 10.6. The van der Waals surface area contributed by atoms with Crippen molar-refractivity contribution in [2.75, 3.05) is 5.32 Å². The molecule has 0 aliphatic carbocycles. The summed E-state index contributed by atoms with van der Waals surface area (Å²) in [7, 11) is 1.58. The Bertz CT molecular complexity index is 1450. The van der Waals surface area contributed by atoms with E-state index >= 15 is 0 Å². The Morgan fingerprint density at radius 1 is 1.06 bits per heavy atom. The van der Waals surface area contributed by atoms with Crippen LogP contribution in [0.4, 0.5) is 5.69 Å². The number of aromatic nitrogens is 1. The Kier molecular flexibility index (Phi) is 7.06. The van der Waals surface area contributed by atoms with Crippen LogP contribution in [0.1, 0.15) is 28.4 Å². The molecule has 7 heteroatoms. The third-order valence-corrected chi connectivity index (χ3v) is 6.19. The Morgan fingerprint density at radius 2 is 1.76 bits per heavy atom. The summed E-state index contributed by atoms with van der Waals surface area (Å²) in [6, 6.07) is 21.6. The Labute approximate surface area is 206 Å². The number of rotatable bonds is 7.